The Balaban J connectivity index is 1.48. The Hall–Kier alpha value is -2.63. The lowest BCUT2D eigenvalue weighted by molar-refractivity contribution is 0.00627. The molecule has 0 bridgehead atoms. The topological polar surface area (TPSA) is 94.9 Å². The Morgan fingerprint density at radius 3 is 2.71 bits per heavy atom. The van der Waals surface area contributed by atoms with Gasteiger partial charge in [-0.2, -0.15) is 0 Å². The third-order valence-corrected chi connectivity index (χ3v) is 8.55. The molecule has 5 rings (SSSR count). The normalized spacial score (nSPS) is 20.6. The molecule has 2 N–H and O–H groups in total. The molecule has 10 heteroatoms. The maximum absolute atomic E-state index is 13.4. The molecule has 1 aromatic heterocycles. The molecule has 0 unspecified atom stereocenters. The van der Waals surface area contributed by atoms with Crippen molar-refractivity contribution >= 4 is 34.4 Å². The van der Waals surface area contributed by atoms with Crippen LogP contribution in [0.3, 0.4) is 0 Å². The Morgan fingerprint density at radius 2 is 2.06 bits per heavy atom. The van der Waals surface area contributed by atoms with Crippen LogP contribution in [0.4, 0.5) is 4.39 Å². The quantitative estimate of drug-likeness (QED) is 0.543. The van der Waals surface area contributed by atoms with E-state index in [9.17, 15) is 23.9 Å². The van der Waals surface area contributed by atoms with E-state index in [1.54, 1.807) is 11.0 Å². The van der Waals surface area contributed by atoms with Gasteiger partial charge in [0, 0.05) is 29.4 Å². The fourth-order valence-corrected chi connectivity index (χ4v) is 6.13. The third-order valence-electron chi connectivity index (χ3n) is 7.55. The number of nitrogens with zero attached hydrogens (tertiary/aromatic N) is 3. The van der Waals surface area contributed by atoms with Gasteiger partial charge in [-0.3, -0.25) is 24.1 Å². The zero-order chi connectivity index (χ0) is 24.2. The molecule has 1 atom stereocenters. The smallest absolute Gasteiger partial charge is 0.278 e. The van der Waals surface area contributed by atoms with E-state index in [-0.39, 0.29) is 35.2 Å². The Bertz CT molecular complexity index is 1240. The van der Waals surface area contributed by atoms with Crippen molar-refractivity contribution in [3.8, 4) is 5.75 Å². The van der Waals surface area contributed by atoms with Gasteiger partial charge in [0.25, 0.3) is 11.8 Å². The first kappa shape index (κ1) is 23.1. The van der Waals surface area contributed by atoms with Crippen LogP contribution in [-0.2, 0) is 6.54 Å². The molecule has 1 saturated heterocycles. The number of nitrogens with one attached hydrogen (secondary N) is 1. The van der Waals surface area contributed by atoms with Gasteiger partial charge >= 0.3 is 0 Å². The molecule has 3 aliphatic rings. The molecule has 8 nitrogen and oxygen atoms in total. The molecule has 3 heterocycles. The van der Waals surface area contributed by atoms with Gasteiger partial charge in [0.15, 0.2) is 11.4 Å². The number of rotatable bonds is 4. The summed E-state index contributed by atoms with van der Waals surface area (Å²) in [5.74, 6) is -2.15. The number of halogens is 2. The van der Waals surface area contributed by atoms with Gasteiger partial charge in [-0.05, 0) is 78.3 Å². The maximum Gasteiger partial charge on any atom is 0.278 e. The zero-order valence-electron chi connectivity index (χ0n) is 18.8. The van der Waals surface area contributed by atoms with Crippen LogP contribution in [0.15, 0.2) is 29.2 Å². The van der Waals surface area contributed by atoms with E-state index in [0.717, 1.165) is 25.7 Å². The minimum atomic E-state index is -0.882. The molecule has 180 valence electrons. The highest BCUT2D eigenvalue weighted by Crippen LogP contribution is 2.51. The van der Waals surface area contributed by atoms with Crippen LogP contribution < -0.4 is 15.8 Å². The van der Waals surface area contributed by atoms with Crippen molar-refractivity contribution < 1.29 is 19.1 Å². The van der Waals surface area contributed by atoms with Crippen molar-refractivity contribution in [2.24, 2.45) is 5.41 Å². The van der Waals surface area contributed by atoms with E-state index in [2.05, 4.69) is 5.32 Å². The lowest BCUT2D eigenvalue weighted by atomic mass is 9.62. The van der Waals surface area contributed by atoms with Gasteiger partial charge in [-0.15, -0.1) is 0 Å². The Kier molecular flexibility index (Phi) is 5.81. The SMILES string of the molecule is CCN1C(=O)c2c(O)c(=O)c(C(=O)NCc3ccc(F)cc3I)cn2N2CCC3(CCC3)C[C@@H]12. The van der Waals surface area contributed by atoms with E-state index in [1.807, 2.05) is 34.5 Å². The van der Waals surface area contributed by atoms with E-state index in [1.165, 1.54) is 29.4 Å². The van der Waals surface area contributed by atoms with Crippen molar-refractivity contribution in [2.75, 3.05) is 18.1 Å². The summed E-state index contributed by atoms with van der Waals surface area (Å²) in [6.07, 6.45) is 6.50. The highest BCUT2D eigenvalue weighted by atomic mass is 127. The van der Waals surface area contributed by atoms with Crippen LogP contribution in [-0.4, -0.2) is 45.8 Å². The third kappa shape index (κ3) is 3.66. The zero-order valence-corrected chi connectivity index (χ0v) is 21.0. The van der Waals surface area contributed by atoms with Gasteiger partial charge in [-0.25, -0.2) is 4.39 Å². The lowest BCUT2D eigenvalue weighted by Gasteiger charge is -2.56. The molecule has 34 heavy (non-hydrogen) atoms. The average Bonchev–Trinajstić information content (AvgIpc) is 2.79. The van der Waals surface area contributed by atoms with Crippen molar-refractivity contribution in [3.63, 3.8) is 0 Å². The van der Waals surface area contributed by atoms with Crippen LogP contribution in [0, 0.1) is 14.8 Å². The first-order valence-corrected chi connectivity index (χ1v) is 12.6. The van der Waals surface area contributed by atoms with E-state index >= 15 is 0 Å². The summed E-state index contributed by atoms with van der Waals surface area (Å²) in [4.78, 5) is 40.9. The number of piperidine rings is 1. The number of hydrogen-bond acceptors (Lipinski definition) is 5. The molecule has 1 aromatic carbocycles. The predicted octanol–water partition coefficient (Wildman–Crippen LogP) is 2.93. The highest BCUT2D eigenvalue weighted by Gasteiger charge is 2.49. The molecule has 0 radical (unpaired) electrons. The van der Waals surface area contributed by atoms with Crippen molar-refractivity contribution in [2.45, 2.75) is 51.7 Å². The van der Waals surface area contributed by atoms with Crippen LogP contribution in [0.25, 0.3) is 0 Å². The van der Waals surface area contributed by atoms with E-state index < -0.39 is 23.0 Å². The highest BCUT2D eigenvalue weighted by molar-refractivity contribution is 14.1. The molecule has 1 aliphatic carbocycles. The minimum absolute atomic E-state index is 0.0940. The second-order valence-corrected chi connectivity index (χ2v) is 10.5. The van der Waals surface area contributed by atoms with Crippen molar-refractivity contribution in [1.82, 2.24) is 14.9 Å². The Morgan fingerprint density at radius 1 is 1.29 bits per heavy atom. The summed E-state index contributed by atoms with van der Waals surface area (Å²) in [6, 6.07) is 4.24. The number of benzene rings is 1. The van der Waals surface area contributed by atoms with Crippen molar-refractivity contribution in [3.05, 3.63) is 60.8 Å². The molecular weight excluding hydrogens is 554 g/mol. The average molecular weight is 580 g/mol. The molecule has 1 saturated carbocycles. The fourth-order valence-electron chi connectivity index (χ4n) is 5.46. The number of carbonyl (C=O) groups excluding carboxylic acids is 2. The second-order valence-electron chi connectivity index (χ2n) is 9.37. The van der Waals surface area contributed by atoms with Gasteiger partial charge in [0.1, 0.15) is 17.5 Å². The number of aromatic hydroxyl groups is 1. The molecular formula is C24H26FIN4O4. The van der Waals surface area contributed by atoms with Crippen LogP contribution >= 0.6 is 22.6 Å². The molecule has 1 spiro atoms. The number of amides is 2. The first-order valence-electron chi connectivity index (χ1n) is 11.5. The number of hydrogen-bond donors (Lipinski definition) is 2. The van der Waals surface area contributed by atoms with Crippen molar-refractivity contribution in [1.29, 1.82) is 0 Å². The summed E-state index contributed by atoms with van der Waals surface area (Å²) in [5, 5.41) is 15.4. The number of pyridine rings is 1. The van der Waals surface area contributed by atoms with Gasteiger partial charge < -0.3 is 15.3 Å². The Labute approximate surface area is 209 Å². The second kappa shape index (κ2) is 8.54. The van der Waals surface area contributed by atoms with Gasteiger partial charge in [0.2, 0.25) is 5.43 Å². The van der Waals surface area contributed by atoms with Crippen LogP contribution in [0.1, 0.15) is 65.4 Å². The molecule has 2 fully saturated rings. The number of fused-ring (bicyclic) bond motifs is 3. The minimum Gasteiger partial charge on any atom is -0.502 e. The maximum atomic E-state index is 13.4. The standard InChI is InChI=1S/C24H26FIN4O4/c1-2-28-18-11-24(6-3-7-24)8-9-29(18)30-13-16(20(31)21(32)19(30)23(28)34)22(33)27-12-14-4-5-15(25)10-17(14)26/h4-5,10,13,18,32H,2-3,6-9,11-12H2,1H3,(H,27,33)/t18-/m0/s1. The van der Waals surface area contributed by atoms with Gasteiger partial charge in [-0.1, -0.05) is 12.5 Å². The van der Waals surface area contributed by atoms with Crippen LogP contribution in [0.5, 0.6) is 5.75 Å². The molecule has 2 aromatic rings. The lowest BCUT2D eigenvalue weighted by Crippen LogP contribution is -2.66. The predicted molar refractivity (Wildman–Crippen MR) is 132 cm³/mol. The molecule has 2 amide bonds. The summed E-state index contributed by atoms with van der Waals surface area (Å²) >= 11 is 1.98. The summed E-state index contributed by atoms with van der Waals surface area (Å²) in [7, 11) is 0. The summed E-state index contributed by atoms with van der Waals surface area (Å²) in [5.41, 5.74) is -0.266. The summed E-state index contributed by atoms with van der Waals surface area (Å²) in [6.45, 7) is 3.11. The summed E-state index contributed by atoms with van der Waals surface area (Å²) < 4.78 is 15.5. The fraction of sp³-hybridized carbons (Fsp3) is 0.458. The molecule has 2 aliphatic heterocycles. The van der Waals surface area contributed by atoms with Gasteiger partial charge in [0.05, 0.1) is 0 Å². The van der Waals surface area contributed by atoms with E-state index in [0.29, 0.717) is 22.2 Å². The van der Waals surface area contributed by atoms with E-state index in [4.69, 9.17) is 0 Å². The number of aromatic nitrogens is 1. The number of carbonyl (C=O) groups is 2. The first-order chi connectivity index (χ1) is 16.2. The van der Waals surface area contributed by atoms with Crippen LogP contribution in [0.2, 0.25) is 0 Å². The largest absolute Gasteiger partial charge is 0.502 e. The monoisotopic (exact) mass is 580 g/mol.